The molecule has 1 atom stereocenters. The van der Waals surface area contributed by atoms with E-state index >= 15 is 0 Å². The summed E-state index contributed by atoms with van der Waals surface area (Å²) in [5, 5.41) is 23.2. The number of thiocarbonyl (C=S) groups is 1. The fourth-order valence-corrected chi connectivity index (χ4v) is 3.54. The Balaban J connectivity index is 2.70. The first-order valence-corrected chi connectivity index (χ1v) is 8.06. The summed E-state index contributed by atoms with van der Waals surface area (Å²) in [6.07, 6.45) is 0. The van der Waals surface area contributed by atoms with Crippen LogP contribution in [-0.2, 0) is 4.79 Å². The van der Waals surface area contributed by atoms with E-state index in [1.54, 1.807) is 11.8 Å². The highest BCUT2D eigenvalue weighted by atomic mass is 35.5. The smallest absolute Gasteiger partial charge is 0.173 e. The number of aromatic hydroxyl groups is 2. The predicted molar refractivity (Wildman–Crippen MR) is 94.0 cm³/mol. The van der Waals surface area contributed by atoms with Crippen molar-refractivity contribution in [3.05, 3.63) is 32.9 Å². The first-order valence-electron chi connectivity index (χ1n) is 6.90. The summed E-state index contributed by atoms with van der Waals surface area (Å²) in [6.45, 7) is 5.75. The summed E-state index contributed by atoms with van der Waals surface area (Å²) in [7, 11) is 0. The molecule has 0 spiro atoms. The van der Waals surface area contributed by atoms with E-state index in [2.05, 4.69) is 5.32 Å². The van der Waals surface area contributed by atoms with Gasteiger partial charge < -0.3 is 20.4 Å². The Morgan fingerprint density at radius 1 is 1.39 bits per heavy atom. The number of carbonyl (C=O) groups excluding carboxylic acids is 1. The van der Waals surface area contributed by atoms with Gasteiger partial charge in [0.2, 0.25) is 0 Å². The van der Waals surface area contributed by atoms with Crippen molar-refractivity contribution in [3.8, 4) is 11.5 Å². The molecule has 0 saturated heterocycles. The minimum atomic E-state index is -0.696. The molecule has 8 heteroatoms. The van der Waals surface area contributed by atoms with Gasteiger partial charge in [0.25, 0.3) is 0 Å². The molecule has 0 aromatic heterocycles. The summed E-state index contributed by atoms with van der Waals surface area (Å²) in [5.74, 6) is -0.917. The third-order valence-corrected chi connectivity index (χ3v) is 4.78. The van der Waals surface area contributed by atoms with Crippen LogP contribution >= 0.6 is 35.4 Å². The standard InChI is InChI=1S/C15H16Cl2N2O3S/c1-4-19-6(2)10(7(3)20)12(18-15(19)23)8-5-9(16)14(22)11(17)13(8)21/h5,12,21-22H,4H2,1-3H3,(H,18,23). The molecule has 1 aromatic rings. The van der Waals surface area contributed by atoms with Crippen LogP contribution in [0, 0.1) is 0 Å². The molecule has 3 N–H and O–H groups in total. The number of hydrogen-bond acceptors (Lipinski definition) is 4. The third kappa shape index (κ3) is 2.98. The van der Waals surface area contributed by atoms with Crippen molar-refractivity contribution in [1.82, 2.24) is 10.2 Å². The number of carbonyl (C=O) groups is 1. The summed E-state index contributed by atoms with van der Waals surface area (Å²) in [4.78, 5) is 13.9. The molecule has 1 aliphatic rings. The van der Waals surface area contributed by atoms with Gasteiger partial charge in [-0.25, -0.2) is 0 Å². The number of benzene rings is 1. The minimum Gasteiger partial charge on any atom is -0.506 e. The molecule has 23 heavy (non-hydrogen) atoms. The number of rotatable bonds is 3. The van der Waals surface area contributed by atoms with E-state index in [4.69, 9.17) is 35.4 Å². The van der Waals surface area contributed by atoms with Crippen molar-refractivity contribution in [1.29, 1.82) is 0 Å². The van der Waals surface area contributed by atoms with Gasteiger partial charge in [-0.05, 0) is 39.1 Å². The monoisotopic (exact) mass is 374 g/mol. The Labute approximate surface area is 149 Å². The molecule has 0 radical (unpaired) electrons. The van der Waals surface area contributed by atoms with Crippen LogP contribution in [0.1, 0.15) is 32.4 Å². The molecule has 0 amide bonds. The van der Waals surface area contributed by atoms with Gasteiger partial charge in [0.05, 0.1) is 11.1 Å². The fourth-order valence-electron chi connectivity index (χ4n) is 2.69. The average Bonchev–Trinajstić information content (AvgIpc) is 2.48. The number of Topliss-reactive ketones (excluding diaryl/α,β-unsaturated/α-hetero) is 1. The lowest BCUT2D eigenvalue weighted by molar-refractivity contribution is -0.114. The summed E-state index contributed by atoms with van der Waals surface area (Å²) in [6, 6.07) is 0.675. The summed E-state index contributed by atoms with van der Waals surface area (Å²) in [5.41, 5.74) is 1.43. The van der Waals surface area contributed by atoms with Gasteiger partial charge in [0.15, 0.2) is 16.6 Å². The van der Waals surface area contributed by atoms with Crippen LogP contribution in [0.15, 0.2) is 17.3 Å². The SMILES string of the molecule is CCN1C(=S)NC(c2cc(Cl)c(O)c(Cl)c2O)C(C(C)=O)=C1C. The summed E-state index contributed by atoms with van der Waals surface area (Å²) < 4.78 is 0. The first-order chi connectivity index (χ1) is 10.7. The average molecular weight is 375 g/mol. The molecule has 5 nitrogen and oxygen atoms in total. The number of nitrogens with one attached hydrogen (secondary N) is 1. The van der Waals surface area contributed by atoms with Crippen LogP contribution in [-0.4, -0.2) is 32.6 Å². The van der Waals surface area contributed by atoms with Crippen LogP contribution in [0.25, 0.3) is 0 Å². The second-order valence-electron chi connectivity index (χ2n) is 5.14. The molecule has 0 bridgehead atoms. The lowest BCUT2D eigenvalue weighted by atomic mass is 9.91. The topological polar surface area (TPSA) is 72.8 Å². The number of ketones is 1. The van der Waals surface area contributed by atoms with Crippen LogP contribution in [0.5, 0.6) is 11.5 Å². The van der Waals surface area contributed by atoms with E-state index in [0.29, 0.717) is 22.9 Å². The third-order valence-electron chi connectivity index (χ3n) is 3.80. The minimum absolute atomic E-state index is 0.0194. The molecule has 2 rings (SSSR count). The number of phenolic OH excluding ortho intramolecular Hbond substituents is 2. The highest BCUT2D eigenvalue weighted by molar-refractivity contribution is 7.80. The molecule has 1 unspecified atom stereocenters. The Morgan fingerprint density at radius 3 is 2.52 bits per heavy atom. The van der Waals surface area contributed by atoms with Crippen LogP contribution < -0.4 is 5.32 Å². The normalized spacial score (nSPS) is 18.2. The highest BCUT2D eigenvalue weighted by Gasteiger charge is 2.34. The molecule has 1 heterocycles. The van der Waals surface area contributed by atoms with Crippen molar-refractivity contribution in [2.45, 2.75) is 26.8 Å². The Morgan fingerprint density at radius 2 is 2.00 bits per heavy atom. The number of allylic oxidation sites excluding steroid dienone is 1. The zero-order chi connectivity index (χ0) is 17.5. The van der Waals surface area contributed by atoms with Gasteiger partial charge in [-0.2, -0.15) is 0 Å². The van der Waals surface area contributed by atoms with Crippen molar-refractivity contribution < 1.29 is 15.0 Å². The van der Waals surface area contributed by atoms with Crippen LogP contribution in [0.3, 0.4) is 0 Å². The van der Waals surface area contributed by atoms with Crippen molar-refractivity contribution >= 4 is 46.3 Å². The molecule has 1 aliphatic heterocycles. The van der Waals surface area contributed by atoms with Gasteiger partial charge in [-0.15, -0.1) is 0 Å². The maximum Gasteiger partial charge on any atom is 0.173 e. The van der Waals surface area contributed by atoms with Gasteiger partial charge in [0, 0.05) is 23.4 Å². The second kappa shape index (κ2) is 6.55. The number of phenols is 2. The van der Waals surface area contributed by atoms with Gasteiger partial charge in [-0.1, -0.05) is 23.2 Å². The van der Waals surface area contributed by atoms with Gasteiger partial charge >= 0.3 is 0 Å². The molecule has 0 saturated carbocycles. The molecular formula is C15H16Cl2N2O3S. The highest BCUT2D eigenvalue weighted by Crippen LogP contribution is 2.45. The number of halogens is 2. The first kappa shape index (κ1) is 17.8. The molecular weight excluding hydrogens is 359 g/mol. The lowest BCUT2D eigenvalue weighted by Gasteiger charge is -2.37. The second-order valence-corrected chi connectivity index (χ2v) is 6.31. The molecule has 0 aliphatic carbocycles. The summed E-state index contributed by atoms with van der Waals surface area (Å²) >= 11 is 17.2. The van der Waals surface area contributed by atoms with E-state index < -0.39 is 11.8 Å². The quantitative estimate of drug-likeness (QED) is 0.703. The van der Waals surface area contributed by atoms with E-state index in [-0.39, 0.29) is 27.1 Å². The Hall–Kier alpha value is -1.50. The molecule has 124 valence electrons. The van der Waals surface area contributed by atoms with E-state index in [1.165, 1.54) is 13.0 Å². The largest absolute Gasteiger partial charge is 0.506 e. The zero-order valence-electron chi connectivity index (χ0n) is 12.8. The maximum atomic E-state index is 12.1. The predicted octanol–water partition coefficient (Wildman–Crippen LogP) is 3.52. The number of nitrogens with zero attached hydrogens (tertiary/aromatic N) is 1. The van der Waals surface area contributed by atoms with Crippen LogP contribution in [0.4, 0.5) is 0 Å². The Kier molecular flexibility index (Phi) is 5.08. The Bertz CT molecular complexity index is 734. The van der Waals surface area contributed by atoms with E-state index in [1.807, 2.05) is 6.92 Å². The molecule has 0 fully saturated rings. The maximum absolute atomic E-state index is 12.1. The fraction of sp³-hybridized carbons (Fsp3) is 0.333. The van der Waals surface area contributed by atoms with Crippen molar-refractivity contribution in [3.63, 3.8) is 0 Å². The van der Waals surface area contributed by atoms with E-state index in [0.717, 1.165) is 0 Å². The zero-order valence-corrected chi connectivity index (χ0v) is 15.1. The number of hydrogen-bond donors (Lipinski definition) is 3. The van der Waals surface area contributed by atoms with Crippen LogP contribution in [0.2, 0.25) is 10.0 Å². The molecule has 1 aromatic carbocycles. The van der Waals surface area contributed by atoms with Gasteiger partial charge in [-0.3, -0.25) is 4.79 Å². The van der Waals surface area contributed by atoms with Gasteiger partial charge in [0.1, 0.15) is 10.8 Å². The lowest BCUT2D eigenvalue weighted by Crippen LogP contribution is -2.47. The van der Waals surface area contributed by atoms with Crippen molar-refractivity contribution in [2.75, 3.05) is 6.54 Å². The van der Waals surface area contributed by atoms with E-state index in [9.17, 15) is 15.0 Å². The van der Waals surface area contributed by atoms with Crippen molar-refractivity contribution in [2.24, 2.45) is 0 Å².